The van der Waals surface area contributed by atoms with E-state index in [9.17, 15) is 4.79 Å². The van der Waals surface area contributed by atoms with Crippen LogP contribution in [0.15, 0.2) is 67.1 Å². The van der Waals surface area contributed by atoms with Crippen molar-refractivity contribution in [3.63, 3.8) is 0 Å². The molecule has 2 aromatic heterocycles. The smallest absolute Gasteiger partial charge is 0.275 e. The summed E-state index contributed by atoms with van der Waals surface area (Å²) in [4.78, 5) is 24.2. The highest BCUT2D eigenvalue weighted by atomic mass is 16.5. The minimum atomic E-state index is -0.365. The van der Waals surface area contributed by atoms with Crippen LogP contribution >= 0.6 is 0 Å². The Morgan fingerprint density at radius 3 is 2.61 bits per heavy atom. The monoisotopic (exact) mass is 306 g/mol. The summed E-state index contributed by atoms with van der Waals surface area (Å²) in [6.45, 7) is 0.374. The summed E-state index contributed by atoms with van der Waals surface area (Å²) in [7, 11) is 0. The Hall–Kier alpha value is -3.28. The van der Waals surface area contributed by atoms with Crippen molar-refractivity contribution in [1.82, 2.24) is 15.0 Å². The molecule has 0 aliphatic heterocycles. The van der Waals surface area contributed by atoms with Crippen molar-refractivity contribution in [3.05, 3.63) is 78.4 Å². The lowest BCUT2D eigenvalue weighted by Gasteiger charge is -2.07. The zero-order valence-electron chi connectivity index (χ0n) is 12.2. The fourth-order valence-corrected chi connectivity index (χ4v) is 1.89. The lowest BCUT2D eigenvalue weighted by atomic mass is 10.2. The molecule has 3 rings (SSSR count). The Kier molecular flexibility index (Phi) is 4.54. The molecule has 3 aromatic rings. The van der Waals surface area contributed by atoms with E-state index in [1.54, 1.807) is 24.4 Å². The molecule has 0 aliphatic rings. The quantitative estimate of drug-likeness (QED) is 0.784. The predicted octanol–water partition coefficient (Wildman–Crippen LogP) is 2.70. The van der Waals surface area contributed by atoms with Crippen molar-refractivity contribution >= 4 is 11.7 Å². The molecule has 0 radical (unpaired) electrons. The molecule has 1 amide bonds. The van der Waals surface area contributed by atoms with Crippen LogP contribution in [0.1, 0.15) is 16.1 Å². The molecule has 0 atom stereocenters. The third kappa shape index (κ3) is 4.10. The van der Waals surface area contributed by atoms with Gasteiger partial charge in [0, 0.05) is 12.3 Å². The number of aromatic nitrogens is 3. The third-order valence-corrected chi connectivity index (χ3v) is 3.01. The molecule has 0 unspecified atom stereocenters. The molecule has 6 nitrogen and oxygen atoms in total. The lowest BCUT2D eigenvalue weighted by molar-refractivity contribution is 0.102. The van der Waals surface area contributed by atoms with Gasteiger partial charge in [-0.25, -0.2) is 15.0 Å². The number of rotatable bonds is 5. The minimum Gasteiger partial charge on any atom is -0.473 e. The fourth-order valence-electron chi connectivity index (χ4n) is 1.89. The number of nitrogens with zero attached hydrogens (tertiary/aromatic N) is 3. The number of hydrogen-bond acceptors (Lipinski definition) is 5. The number of amides is 1. The van der Waals surface area contributed by atoms with E-state index in [4.69, 9.17) is 4.74 Å². The lowest BCUT2D eigenvalue weighted by Crippen LogP contribution is -2.15. The van der Waals surface area contributed by atoms with Crippen LogP contribution in [0.5, 0.6) is 5.88 Å². The van der Waals surface area contributed by atoms with Crippen LogP contribution in [-0.2, 0) is 6.61 Å². The Morgan fingerprint density at radius 2 is 1.83 bits per heavy atom. The van der Waals surface area contributed by atoms with Gasteiger partial charge in [0.05, 0.1) is 0 Å². The zero-order valence-corrected chi connectivity index (χ0v) is 12.2. The molecule has 2 heterocycles. The third-order valence-electron chi connectivity index (χ3n) is 3.01. The maximum absolute atomic E-state index is 12.1. The summed E-state index contributed by atoms with van der Waals surface area (Å²) in [5.74, 6) is 0.438. The molecule has 0 saturated heterocycles. The maximum atomic E-state index is 12.1. The fraction of sp³-hybridized carbons (Fsp3) is 0.0588. The molecule has 0 aliphatic carbocycles. The first-order chi connectivity index (χ1) is 11.3. The minimum absolute atomic E-state index is 0.216. The highest BCUT2D eigenvalue weighted by Gasteiger charge is 2.10. The molecular weight excluding hydrogens is 292 g/mol. The van der Waals surface area contributed by atoms with Gasteiger partial charge >= 0.3 is 0 Å². The largest absolute Gasteiger partial charge is 0.473 e. The number of nitrogens with one attached hydrogen (secondary N) is 1. The number of carbonyl (C=O) groups is 1. The standard InChI is InChI=1S/C17H14N4O2/c22-17(21-15-8-4-5-9-18-15)14-10-16(20-12-19-14)23-11-13-6-2-1-3-7-13/h1-10,12H,11H2,(H,18,21,22). The molecular formula is C17H14N4O2. The van der Waals surface area contributed by atoms with Crippen LogP contribution in [-0.4, -0.2) is 20.9 Å². The van der Waals surface area contributed by atoms with E-state index in [0.29, 0.717) is 18.3 Å². The topological polar surface area (TPSA) is 77.0 Å². The summed E-state index contributed by atoms with van der Waals surface area (Å²) in [6, 6.07) is 16.5. The van der Waals surface area contributed by atoms with Crippen molar-refractivity contribution in [2.75, 3.05) is 5.32 Å². The molecule has 23 heavy (non-hydrogen) atoms. The number of pyridine rings is 1. The summed E-state index contributed by atoms with van der Waals surface area (Å²) in [6.07, 6.45) is 2.90. The van der Waals surface area contributed by atoms with Crippen LogP contribution in [0, 0.1) is 0 Å². The van der Waals surface area contributed by atoms with Crippen molar-refractivity contribution < 1.29 is 9.53 Å². The average molecular weight is 306 g/mol. The molecule has 0 saturated carbocycles. The maximum Gasteiger partial charge on any atom is 0.275 e. The number of ether oxygens (including phenoxy) is 1. The molecule has 0 spiro atoms. The Bertz CT molecular complexity index is 779. The molecule has 1 N–H and O–H groups in total. The van der Waals surface area contributed by atoms with Crippen molar-refractivity contribution in [1.29, 1.82) is 0 Å². The van der Waals surface area contributed by atoms with Crippen molar-refractivity contribution in [3.8, 4) is 5.88 Å². The summed E-state index contributed by atoms with van der Waals surface area (Å²) >= 11 is 0. The molecule has 0 bridgehead atoms. The highest BCUT2D eigenvalue weighted by Crippen LogP contribution is 2.11. The van der Waals surface area contributed by atoms with E-state index in [0.717, 1.165) is 5.56 Å². The average Bonchev–Trinajstić information content (AvgIpc) is 2.62. The Morgan fingerprint density at radius 1 is 1.00 bits per heavy atom. The number of anilines is 1. The molecule has 1 aromatic carbocycles. The van der Waals surface area contributed by atoms with Gasteiger partial charge < -0.3 is 10.1 Å². The predicted molar refractivity (Wildman–Crippen MR) is 85.0 cm³/mol. The van der Waals surface area contributed by atoms with Gasteiger partial charge in [0.25, 0.3) is 5.91 Å². The first-order valence-corrected chi connectivity index (χ1v) is 7.02. The zero-order chi connectivity index (χ0) is 15.9. The van der Waals surface area contributed by atoms with Crippen LogP contribution in [0.2, 0.25) is 0 Å². The van der Waals surface area contributed by atoms with Crippen LogP contribution in [0.3, 0.4) is 0 Å². The Labute approximate surface area is 133 Å². The first-order valence-electron chi connectivity index (χ1n) is 7.02. The second-order valence-electron chi connectivity index (χ2n) is 4.68. The van der Waals surface area contributed by atoms with E-state index in [1.807, 2.05) is 30.3 Å². The summed E-state index contributed by atoms with van der Waals surface area (Å²) in [5, 5.41) is 2.66. The van der Waals surface area contributed by atoms with Crippen molar-refractivity contribution in [2.45, 2.75) is 6.61 Å². The van der Waals surface area contributed by atoms with Gasteiger partial charge in [0.2, 0.25) is 5.88 Å². The molecule has 6 heteroatoms. The van der Waals surface area contributed by atoms with Gasteiger partial charge in [0.15, 0.2) is 0 Å². The second-order valence-corrected chi connectivity index (χ2v) is 4.68. The van der Waals surface area contributed by atoms with E-state index in [-0.39, 0.29) is 11.6 Å². The number of hydrogen-bond donors (Lipinski definition) is 1. The van der Waals surface area contributed by atoms with Crippen molar-refractivity contribution in [2.24, 2.45) is 0 Å². The van der Waals surface area contributed by atoms with Gasteiger partial charge in [-0.15, -0.1) is 0 Å². The summed E-state index contributed by atoms with van der Waals surface area (Å²) < 4.78 is 5.59. The highest BCUT2D eigenvalue weighted by molar-refractivity contribution is 6.02. The van der Waals surface area contributed by atoms with E-state index in [2.05, 4.69) is 20.3 Å². The van der Waals surface area contributed by atoms with Gasteiger partial charge in [-0.1, -0.05) is 36.4 Å². The molecule has 114 valence electrons. The van der Waals surface area contributed by atoms with E-state index < -0.39 is 0 Å². The van der Waals surface area contributed by atoms with Crippen LogP contribution in [0.25, 0.3) is 0 Å². The van der Waals surface area contributed by atoms with E-state index >= 15 is 0 Å². The second kappa shape index (κ2) is 7.13. The van der Waals surface area contributed by atoms with Gasteiger partial charge in [-0.3, -0.25) is 4.79 Å². The van der Waals surface area contributed by atoms with Crippen LogP contribution < -0.4 is 10.1 Å². The first kappa shape index (κ1) is 14.6. The summed E-state index contributed by atoms with van der Waals surface area (Å²) in [5.41, 5.74) is 1.24. The van der Waals surface area contributed by atoms with E-state index in [1.165, 1.54) is 12.4 Å². The molecule has 0 fully saturated rings. The van der Waals surface area contributed by atoms with Gasteiger partial charge in [0.1, 0.15) is 24.4 Å². The Balaban J connectivity index is 1.66. The normalized spacial score (nSPS) is 10.1. The van der Waals surface area contributed by atoms with Gasteiger partial charge in [-0.05, 0) is 17.7 Å². The van der Waals surface area contributed by atoms with Gasteiger partial charge in [-0.2, -0.15) is 0 Å². The number of carbonyl (C=O) groups excluding carboxylic acids is 1. The van der Waals surface area contributed by atoms with Crippen LogP contribution in [0.4, 0.5) is 5.82 Å². The number of benzene rings is 1. The SMILES string of the molecule is O=C(Nc1ccccn1)c1cc(OCc2ccccc2)ncn1.